The van der Waals surface area contributed by atoms with Crippen molar-refractivity contribution in [2.45, 2.75) is 13.0 Å². The van der Waals surface area contributed by atoms with Gasteiger partial charge in [0.05, 0.1) is 19.1 Å². The van der Waals surface area contributed by atoms with Gasteiger partial charge < -0.3 is 10.6 Å². The molecule has 26 heavy (non-hydrogen) atoms. The highest BCUT2D eigenvalue weighted by Gasteiger charge is 2.14. The van der Waals surface area contributed by atoms with Crippen molar-refractivity contribution in [3.05, 3.63) is 64.9 Å². The first-order valence-electron chi connectivity index (χ1n) is 8.12. The monoisotopic (exact) mass is 377 g/mol. The quantitative estimate of drug-likeness (QED) is 0.778. The first-order valence-corrected chi connectivity index (χ1v) is 8.50. The second-order valence-electron chi connectivity index (χ2n) is 6.07. The third-order valence-electron chi connectivity index (χ3n) is 3.68. The highest BCUT2D eigenvalue weighted by Crippen LogP contribution is 2.17. The van der Waals surface area contributed by atoms with Crippen LogP contribution < -0.4 is 10.6 Å². The molecule has 138 valence electrons. The molecular weight excluding hydrogens is 357 g/mol. The summed E-state index contributed by atoms with van der Waals surface area (Å²) >= 11 is 5.96. The van der Waals surface area contributed by atoms with Crippen LogP contribution in [-0.2, 0) is 9.59 Å². The maximum Gasteiger partial charge on any atom is 0.238 e. The topological polar surface area (TPSA) is 61.4 Å². The molecule has 0 saturated carbocycles. The highest BCUT2D eigenvalue weighted by molar-refractivity contribution is 6.30. The van der Waals surface area contributed by atoms with Gasteiger partial charge in [-0.25, -0.2) is 4.39 Å². The van der Waals surface area contributed by atoms with Crippen molar-refractivity contribution in [3.8, 4) is 0 Å². The van der Waals surface area contributed by atoms with Gasteiger partial charge in [-0.2, -0.15) is 0 Å². The molecule has 0 aliphatic carbocycles. The fourth-order valence-electron chi connectivity index (χ4n) is 2.43. The van der Waals surface area contributed by atoms with Gasteiger partial charge in [0.25, 0.3) is 0 Å². The minimum absolute atomic E-state index is 0.0380. The molecule has 1 atom stereocenters. The van der Waals surface area contributed by atoms with E-state index in [1.165, 1.54) is 24.3 Å². The molecule has 2 aromatic carbocycles. The number of anilines is 1. The standard InChI is InChI=1S/C19H21ClFN3O2/c1-13(14-4-3-5-15(20)10-14)22-18(25)11-24(2)12-19(26)23-17-8-6-16(21)7-9-17/h3-10,13H,11-12H2,1-2H3,(H,22,25)(H,23,26). The van der Waals surface area contributed by atoms with Gasteiger partial charge >= 0.3 is 0 Å². The molecule has 2 N–H and O–H groups in total. The zero-order valence-electron chi connectivity index (χ0n) is 14.6. The van der Waals surface area contributed by atoms with Gasteiger partial charge in [0.15, 0.2) is 0 Å². The van der Waals surface area contributed by atoms with Gasteiger partial charge in [0.1, 0.15) is 5.82 Å². The predicted molar refractivity (Wildman–Crippen MR) is 101 cm³/mol. The molecule has 0 aliphatic rings. The van der Waals surface area contributed by atoms with E-state index in [-0.39, 0.29) is 36.8 Å². The lowest BCUT2D eigenvalue weighted by Gasteiger charge is -2.19. The summed E-state index contributed by atoms with van der Waals surface area (Å²) in [6, 6.07) is 12.6. The molecule has 0 radical (unpaired) electrons. The molecule has 0 spiro atoms. The number of halogens is 2. The lowest BCUT2D eigenvalue weighted by Crippen LogP contribution is -2.39. The van der Waals surface area contributed by atoms with E-state index in [1.54, 1.807) is 24.1 Å². The van der Waals surface area contributed by atoms with E-state index in [9.17, 15) is 14.0 Å². The van der Waals surface area contributed by atoms with E-state index < -0.39 is 0 Å². The van der Waals surface area contributed by atoms with Gasteiger partial charge in [-0.05, 0) is 55.9 Å². The summed E-state index contributed by atoms with van der Waals surface area (Å²) in [5.41, 5.74) is 1.41. The van der Waals surface area contributed by atoms with Crippen molar-refractivity contribution in [3.63, 3.8) is 0 Å². The lowest BCUT2D eigenvalue weighted by atomic mass is 10.1. The van der Waals surface area contributed by atoms with E-state index in [1.807, 2.05) is 19.1 Å². The first kappa shape index (κ1) is 19.9. The van der Waals surface area contributed by atoms with Crippen molar-refractivity contribution in [2.75, 3.05) is 25.5 Å². The number of nitrogens with zero attached hydrogens (tertiary/aromatic N) is 1. The molecule has 0 aliphatic heterocycles. The minimum Gasteiger partial charge on any atom is -0.348 e. The molecule has 0 bridgehead atoms. The van der Waals surface area contributed by atoms with E-state index in [4.69, 9.17) is 11.6 Å². The highest BCUT2D eigenvalue weighted by atomic mass is 35.5. The van der Waals surface area contributed by atoms with E-state index in [2.05, 4.69) is 10.6 Å². The molecule has 0 fully saturated rings. The largest absolute Gasteiger partial charge is 0.348 e. The number of hydrogen-bond donors (Lipinski definition) is 2. The van der Waals surface area contributed by atoms with E-state index in [0.29, 0.717) is 10.7 Å². The third-order valence-corrected chi connectivity index (χ3v) is 3.92. The Morgan fingerprint density at radius 3 is 2.42 bits per heavy atom. The minimum atomic E-state index is -0.370. The lowest BCUT2D eigenvalue weighted by molar-refractivity contribution is -0.123. The van der Waals surface area contributed by atoms with Crippen LogP contribution >= 0.6 is 11.6 Å². The number of hydrogen-bond acceptors (Lipinski definition) is 3. The Morgan fingerprint density at radius 2 is 1.77 bits per heavy atom. The van der Waals surface area contributed by atoms with Crippen LogP contribution in [0.2, 0.25) is 5.02 Å². The fourth-order valence-corrected chi connectivity index (χ4v) is 2.63. The zero-order chi connectivity index (χ0) is 19.1. The molecule has 7 heteroatoms. The van der Waals surface area contributed by atoms with Crippen molar-refractivity contribution < 1.29 is 14.0 Å². The Labute approximate surface area is 157 Å². The molecule has 0 saturated heterocycles. The third kappa shape index (κ3) is 6.46. The summed E-state index contributed by atoms with van der Waals surface area (Å²) in [5.74, 6) is -0.852. The molecule has 0 heterocycles. The molecular formula is C19H21ClFN3O2. The number of likely N-dealkylation sites (N-methyl/N-ethyl adjacent to an activating group) is 1. The normalized spacial score (nSPS) is 11.9. The van der Waals surface area contributed by atoms with Crippen LogP contribution in [0.25, 0.3) is 0 Å². The first-order chi connectivity index (χ1) is 12.3. The van der Waals surface area contributed by atoms with Crippen molar-refractivity contribution in [1.29, 1.82) is 0 Å². The molecule has 2 aromatic rings. The molecule has 1 unspecified atom stereocenters. The average molecular weight is 378 g/mol. The number of rotatable bonds is 7. The van der Waals surface area contributed by atoms with Gasteiger partial charge in [-0.15, -0.1) is 0 Å². The van der Waals surface area contributed by atoms with Crippen LogP contribution in [0.3, 0.4) is 0 Å². The fraction of sp³-hybridized carbons (Fsp3) is 0.263. The van der Waals surface area contributed by atoms with Crippen LogP contribution in [0.4, 0.5) is 10.1 Å². The van der Waals surface area contributed by atoms with Crippen molar-refractivity contribution >= 4 is 29.1 Å². The summed E-state index contributed by atoms with van der Waals surface area (Å²) in [6.45, 7) is 1.98. The summed E-state index contributed by atoms with van der Waals surface area (Å²) in [4.78, 5) is 25.7. The average Bonchev–Trinajstić information content (AvgIpc) is 2.56. The smallest absolute Gasteiger partial charge is 0.238 e. The van der Waals surface area contributed by atoms with Crippen molar-refractivity contribution in [2.24, 2.45) is 0 Å². The van der Waals surface area contributed by atoms with Crippen molar-refractivity contribution in [1.82, 2.24) is 10.2 Å². The van der Waals surface area contributed by atoms with E-state index in [0.717, 1.165) is 5.56 Å². The number of nitrogens with one attached hydrogen (secondary N) is 2. The van der Waals surface area contributed by atoms with Gasteiger partial charge in [-0.1, -0.05) is 23.7 Å². The second-order valence-corrected chi connectivity index (χ2v) is 6.51. The van der Waals surface area contributed by atoms with E-state index >= 15 is 0 Å². The van der Waals surface area contributed by atoms with Crippen LogP contribution in [0.15, 0.2) is 48.5 Å². The number of benzene rings is 2. The molecule has 2 rings (SSSR count). The van der Waals surface area contributed by atoms with Crippen LogP contribution in [0.1, 0.15) is 18.5 Å². The van der Waals surface area contributed by atoms with Gasteiger partial charge in [0.2, 0.25) is 11.8 Å². The number of carbonyl (C=O) groups excluding carboxylic acids is 2. The molecule has 5 nitrogen and oxygen atoms in total. The maximum atomic E-state index is 12.9. The summed E-state index contributed by atoms with van der Waals surface area (Å²) in [6.07, 6.45) is 0. The SMILES string of the molecule is CC(NC(=O)CN(C)CC(=O)Nc1ccc(F)cc1)c1cccc(Cl)c1. The van der Waals surface area contributed by atoms with Gasteiger partial charge in [-0.3, -0.25) is 14.5 Å². The number of carbonyl (C=O) groups is 2. The second kappa shape index (κ2) is 9.31. The Morgan fingerprint density at radius 1 is 1.12 bits per heavy atom. The summed E-state index contributed by atoms with van der Waals surface area (Å²) in [7, 11) is 1.67. The predicted octanol–water partition coefficient (Wildman–Crippen LogP) is 3.23. The van der Waals surface area contributed by atoms with Crippen LogP contribution in [0.5, 0.6) is 0 Å². The Kier molecular flexibility index (Phi) is 7.12. The molecule has 2 amide bonds. The number of amides is 2. The van der Waals surface area contributed by atoms with Crippen LogP contribution in [-0.4, -0.2) is 36.9 Å². The van der Waals surface area contributed by atoms with Crippen LogP contribution in [0, 0.1) is 5.82 Å². The Hall–Kier alpha value is -2.44. The summed E-state index contributed by atoms with van der Waals surface area (Å²) < 4.78 is 12.9. The molecule has 0 aromatic heterocycles. The maximum absolute atomic E-state index is 12.9. The zero-order valence-corrected chi connectivity index (χ0v) is 15.4. The Balaban J connectivity index is 1.79. The van der Waals surface area contributed by atoms with Gasteiger partial charge in [0, 0.05) is 10.7 Å². The Bertz CT molecular complexity index is 768. The summed E-state index contributed by atoms with van der Waals surface area (Å²) in [5, 5.41) is 6.13.